The van der Waals surface area contributed by atoms with E-state index in [1.807, 2.05) is 18.3 Å². The van der Waals surface area contributed by atoms with Crippen LogP contribution in [0.4, 0.5) is 0 Å². The predicted molar refractivity (Wildman–Crippen MR) is 66.4 cm³/mol. The summed E-state index contributed by atoms with van der Waals surface area (Å²) < 4.78 is 4.77. The molecule has 0 amide bonds. The number of pyridine rings is 1. The summed E-state index contributed by atoms with van der Waals surface area (Å²) in [5.41, 5.74) is 1.12. The lowest BCUT2D eigenvalue weighted by molar-refractivity contribution is -0.137. The molecule has 0 spiro atoms. The summed E-state index contributed by atoms with van der Waals surface area (Å²) in [6.45, 7) is 4.86. The monoisotopic (exact) mass is 234 g/mol. The van der Waals surface area contributed by atoms with Crippen LogP contribution in [-0.4, -0.2) is 24.1 Å². The highest BCUT2D eigenvalue weighted by Gasteiger charge is 2.02. The summed E-state index contributed by atoms with van der Waals surface area (Å²) in [4.78, 5) is 15.1. The summed E-state index contributed by atoms with van der Waals surface area (Å²) in [7, 11) is 0. The highest BCUT2D eigenvalue weighted by molar-refractivity contribution is 5.81. The van der Waals surface area contributed by atoms with Gasteiger partial charge in [-0.1, -0.05) is 12.1 Å². The van der Waals surface area contributed by atoms with Crippen molar-refractivity contribution in [2.45, 2.75) is 19.9 Å². The number of carbonyl (C=O) groups is 1. The number of carbonyl (C=O) groups excluding carboxylic acids is 1. The Bertz CT molecular complexity index is 363. The Morgan fingerprint density at radius 3 is 3.12 bits per heavy atom. The zero-order valence-corrected chi connectivity index (χ0v) is 10.2. The molecule has 0 aliphatic rings. The van der Waals surface area contributed by atoms with E-state index >= 15 is 0 Å². The van der Waals surface area contributed by atoms with Crippen molar-refractivity contribution in [2.75, 3.05) is 13.2 Å². The molecule has 0 saturated heterocycles. The van der Waals surface area contributed by atoms with Gasteiger partial charge in [0.2, 0.25) is 0 Å². The minimum Gasteiger partial charge on any atom is -0.463 e. The molecule has 1 aromatic rings. The van der Waals surface area contributed by atoms with Gasteiger partial charge in [0.25, 0.3) is 0 Å². The lowest BCUT2D eigenvalue weighted by Crippen LogP contribution is -2.18. The van der Waals surface area contributed by atoms with Crippen LogP contribution in [0.1, 0.15) is 25.5 Å². The zero-order valence-electron chi connectivity index (χ0n) is 10.2. The number of nitrogens with one attached hydrogen (secondary N) is 1. The van der Waals surface area contributed by atoms with Gasteiger partial charge in [0, 0.05) is 31.1 Å². The van der Waals surface area contributed by atoms with E-state index in [1.54, 1.807) is 19.2 Å². The Kier molecular flexibility index (Phi) is 5.96. The Morgan fingerprint density at radius 2 is 2.47 bits per heavy atom. The highest BCUT2D eigenvalue weighted by Crippen LogP contribution is 2.08. The third kappa shape index (κ3) is 5.26. The Labute approximate surface area is 102 Å². The summed E-state index contributed by atoms with van der Waals surface area (Å²) in [6, 6.07) is 4.12. The van der Waals surface area contributed by atoms with Gasteiger partial charge in [0.1, 0.15) is 0 Å². The molecule has 0 bridgehead atoms. The van der Waals surface area contributed by atoms with Crippen LogP contribution in [0.15, 0.2) is 36.7 Å². The van der Waals surface area contributed by atoms with Crippen LogP contribution in [0.5, 0.6) is 0 Å². The first-order valence-corrected chi connectivity index (χ1v) is 5.70. The van der Waals surface area contributed by atoms with Gasteiger partial charge in [0.15, 0.2) is 0 Å². The normalized spacial score (nSPS) is 12.6. The maximum Gasteiger partial charge on any atom is 0.330 e. The second-order valence-corrected chi connectivity index (χ2v) is 3.57. The Hall–Kier alpha value is -1.68. The number of ether oxygens (including phenoxy) is 1. The first-order valence-electron chi connectivity index (χ1n) is 5.70. The summed E-state index contributed by atoms with van der Waals surface area (Å²) >= 11 is 0. The maximum atomic E-state index is 11.0. The van der Waals surface area contributed by atoms with E-state index in [0.717, 1.165) is 5.56 Å². The van der Waals surface area contributed by atoms with Crippen LogP contribution < -0.4 is 5.32 Å². The van der Waals surface area contributed by atoms with Gasteiger partial charge in [-0.2, -0.15) is 0 Å². The molecule has 4 heteroatoms. The molecule has 0 radical (unpaired) electrons. The molecular weight excluding hydrogens is 216 g/mol. The van der Waals surface area contributed by atoms with Crippen molar-refractivity contribution in [3.63, 3.8) is 0 Å². The van der Waals surface area contributed by atoms with E-state index in [2.05, 4.69) is 17.2 Å². The molecule has 1 rings (SSSR count). The van der Waals surface area contributed by atoms with Crippen LogP contribution >= 0.6 is 0 Å². The molecule has 1 heterocycles. The summed E-state index contributed by atoms with van der Waals surface area (Å²) in [5.74, 6) is -0.302. The van der Waals surface area contributed by atoms with Crippen molar-refractivity contribution < 1.29 is 9.53 Å². The van der Waals surface area contributed by atoms with E-state index in [-0.39, 0.29) is 12.0 Å². The third-order valence-corrected chi connectivity index (χ3v) is 2.27. The van der Waals surface area contributed by atoms with Crippen molar-refractivity contribution in [3.8, 4) is 0 Å². The number of hydrogen-bond acceptors (Lipinski definition) is 4. The maximum absolute atomic E-state index is 11.0. The quantitative estimate of drug-likeness (QED) is 0.603. The first-order chi connectivity index (χ1) is 8.24. The topological polar surface area (TPSA) is 51.2 Å². The van der Waals surface area contributed by atoms with Crippen LogP contribution in [0.25, 0.3) is 0 Å². The molecule has 0 aliphatic heterocycles. The molecule has 92 valence electrons. The molecule has 0 unspecified atom stereocenters. The summed E-state index contributed by atoms with van der Waals surface area (Å²) in [6.07, 6.45) is 6.76. The van der Waals surface area contributed by atoms with Gasteiger partial charge >= 0.3 is 5.97 Å². The van der Waals surface area contributed by atoms with Crippen molar-refractivity contribution in [2.24, 2.45) is 0 Å². The second-order valence-electron chi connectivity index (χ2n) is 3.57. The van der Waals surface area contributed by atoms with Crippen LogP contribution in [0, 0.1) is 0 Å². The lowest BCUT2D eigenvalue weighted by atomic mass is 10.1. The molecule has 1 N–H and O–H groups in total. The van der Waals surface area contributed by atoms with Crippen molar-refractivity contribution >= 4 is 5.97 Å². The number of esters is 1. The molecule has 0 saturated carbocycles. The van der Waals surface area contributed by atoms with E-state index in [4.69, 9.17) is 4.74 Å². The predicted octanol–water partition coefficient (Wildman–Crippen LogP) is 1.85. The molecule has 1 atom stereocenters. The van der Waals surface area contributed by atoms with E-state index in [0.29, 0.717) is 13.2 Å². The van der Waals surface area contributed by atoms with Gasteiger partial charge in [-0.25, -0.2) is 4.79 Å². The van der Waals surface area contributed by atoms with E-state index in [1.165, 1.54) is 6.08 Å². The second kappa shape index (κ2) is 7.57. The van der Waals surface area contributed by atoms with Crippen molar-refractivity contribution in [1.29, 1.82) is 0 Å². The number of hydrogen-bond donors (Lipinski definition) is 1. The van der Waals surface area contributed by atoms with E-state index in [9.17, 15) is 4.79 Å². The molecule has 17 heavy (non-hydrogen) atoms. The third-order valence-electron chi connectivity index (χ3n) is 2.27. The van der Waals surface area contributed by atoms with Crippen LogP contribution in [-0.2, 0) is 9.53 Å². The van der Waals surface area contributed by atoms with Gasteiger partial charge in [-0.05, 0) is 25.5 Å². The van der Waals surface area contributed by atoms with Crippen LogP contribution in [0.3, 0.4) is 0 Å². The SMILES string of the molecule is CCOC(=O)/C=C/CN[C@@H](C)c1cccnc1. The number of aromatic nitrogens is 1. The molecular formula is C13H18N2O2. The lowest BCUT2D eigenvalue weighted by Gasteiger charge is -2.11. The number of nitrogens with zero attached hydrogens (tertiary/aromatic N) is 1. The summed E-state index contributed by atoms with van der Waals surface area (Å²) in [5, 5.41) is 3.26. The molecule has 0 fully saturated rings. The molecule has 0 aliphatic carbocycles. The molecule has 4 nitrogen and oxygen atoms in total. The van der Waals surface area contributed by atoms with Gasteiger partial charge in [-0.15, -0.1) is 0 Å². The minimum atomic E-state index is -0.302. The molecule has 1 aromatic heterocycles. The van der Waals surface area contributed by atoms with Crippen LogP contribution in [0.2, 0.25) is 0 Å². The van der Waals surface area contributed by atoms with Crippen molar-refractivity contribution in [1.82, 2.24) is 10.3 Å². The number of rotatable bonds is 6. The van der Waals surface area contributed by atoms with Gasteiger partial charge in [-0.3, -0.25) is 4.98 Å². The average Bonchev–Trinajstić information content (AvgIpc) is 2.36. The Morgan fingerprint density at radius 1 is 1.65 bits per heavy atom. The van der Waals surface area contributed by atoms with Gasteiger partial charge in [0.05, 0.1) is 6.61 Å². The first kappa shape index (κ1) is 13.4. The Balaban J connectivity index is 2.29. The minimum absolute atomic E-state index is 0.204. The fourth-order valence-electron chi connectivity index (χ4n) is 1.34. The smallest absolute Gasteiger partial charge is 0.330 e. The van der Waals surface area contributed by atoms with E-state index < -0.39 is 0 Å². The average molecular weight is 234 g/mol. The zero-order chi connectivity index (χ0) is 12.5. The van der Waals surface area contributed by atoms with Crippen molar-refractivity contribution in [3.05, 3.63) is 42.2 Å². The molecule has 0 aromatic carbocycles. The fourth-order valence-corrected chi connectivity index (χ4v) is 1.34. The largest absolute Gasteiger partial charge is 0.463 e. The fraction of sp³-hybridized carbons (Fsp3) is 0.385. The van der Waals surface area contributed by atoms with Gasteiger partial charge < -0.3 is 10.1 Å². The highest BCUT2D eigenvalue weighted by atomic mass is 16.5. The standard InChI is InChI=1S/C13H18N2O2/c1-3-17-13(16)7-5-9-15-11(2)12-6-4-8-14-10-12/h4-8,10-11,15H,3,9H2,1-2H3/b7-5+/t11-/m0/s1.